The number of benzene rings is 3. The van der Waals surface area contributed by atoms with Crippen LogP contribution in [-0.4, -0.2) is 24.5 Å². The summed E-state index contributed by atoms with van der Waals surface area (Å²) in [5.74, 6) is 0.798. The average Bonchev–Trinajstić information content (AvgIpc) is 2.78. The van der Waals surface area contributed by atoms with Gasteiger partial charge in [-0.2, -0.15) is 0 Å². The fourth-order valence-electron chi connectivity index (χ4n) is 3.81. The van der Waals surface area contributed by atoms with Gasteiger partial charge in [0.25, 0.3) is 11.8 Å². The van der Waals surface area contributed by atoms with E-state index in [1.54, 1.807) is 36.1 Å². The predicted octanol–water partition coefficient (Wildman–Crippen LogP) is 5.29. The lowest BCUT2D eigenvalue weighted by molar-refractivity contribution is -0.125. The minimum absolute atomic E-state index is 0.126. The van der Waals surface area contributed by atoms with Crippen LogP contribution in [0.1, 0.15) is 23.6 Å². The molecule has 0 fully saturated rings. The summed E-state index contributed by atoms with van der Waals surface area (Å²) in [6.45, 7) is 5.76. The second-order valence-electron chi connectivity index (χ2n) is 8.02. The van der Waals surface area contributed by atoms with Crippen LogP contribution in [-0.2, 0) is 16.1 Å². The third kappa shape index (κ3) is 4.96. The standard InChI is InChI=1S/C26H25ClN2O4/c1-16-7-6-8-17(2)25(16)32-15-24(30)28-20-11-12-23-22(13-20)29(26(31)18(3)33-23)14-19-9-4-5-10-21(19)27/h4-13,18H,14-15H2,1-3H3,(H,28,30). The van der Waals surface area contributed by atoms with Crippen molar-refractivity contribution in [1.29, 1.82) is 0 Å². The van der Waals surface area contributed by atoms with Gasteiger partial charge < -0.3 is 19.7 Å². The number of para-hydroxylation sites is 1. The van der Waals surface area contributed by atoms with Crippen LogP contribution in [0.4, 0.5) is 11.4 Å². The molecular formula is C26H25ClN2O4. The van der Waals surface area contributed by atoms with E-state index in [0.29, 0.717) is 34.4 Å². The Morgan fingerprint density at radius 3 is 2.55 bits per heavy atom. The summed E-state index contributed by atoms with van der Waals surface area (Å²) < 4.78 is 11.5. The summed E-state index contributed by atoms with van der Waals surface area (Å²) in [4.78, 5) is 27.1. The highest BCUT2D eigenvalue weighted by Gasteiger charge is 2.32. The van der Waals surface area contributed by atoms with E-state index < -0.39 is 6.10 Å². The van der Waals surface area contributed by atoms with Crippen LogP contribution < -0.4 is 19.7 Å². The third-order valence-electron chi connectivity index (χ3n) is 5.49. The zero-order chi connectivity index (χ0) is 23.5. The molecule has 170 valence electrons. The number of carbonyl (C=O) groups excluding carboxylic acids is 2. The van der Waals surface area contributed by atoms with Crippen molar-refractivity contribution in [2.24, 2.45) is 0 Å². The molecule has 1 aliphatic heterocycles. The molecule has 7 heteroatoms. The van der Waals surface area contributed by atoms with Crippen molar-refractivity contribution in [3.05, 3.63) is 82.4 Å². The van der Waals surface area contributed by atoms with Gasteiger partial charge in [0.05, 0.1) is 12.2 Å². The van der Waals surface area contributed by atoms with Crippen LogP contribution in [0.25, 0.3) is 0 Å². The number of carbonyl (C=O) groups is 2. The second-order valence-corrected chi connectivity index (χ2v) is 8.42. The van der Waals surface area contributed by atoms with Crippen LogP contribution in [0, 0.1) is 13.8 Å². The molecule has 4 rings (SSSR count). The summed E-state index contributed by atoms with van der Waals surface area (Å²) in [6.07, 6.45) is -0.619. The molecule has 33 heavy (non-hydrogen) atoms. The summed E-state index contributed by atoms with van der Waals surface area (Å²) in [6, 6.07) is 18.4. The summed E-state index contributed by atoms with van der Waals surface area (Å²) in [5.41, 5.74) is 3.88. The zero-order valence-corrected chi connectivity index (χ0v) is 19.5. The Kier molecular flexibility index (Phi) is 6.56. The van der Waals surface area contributed by atoms with Crippen LogP contribution in [0.15, 0.2) is 60.7 Å². The molecule has 3 aromatic rings. The van der Waals surface area contributed by atoms with Crippen molar-refractivity contribution in [3.63, 3.8) is 0 Å². The monoisotopic (exact) mass is 464 g/mol. The predicted molar refractivity (Wildman–Crippen MR) is 129 cm³/mol. The molecule has 2 amide bonds. The third-order valence-corrected chi connectivity index (χ3v) is 5.86. The molecular weight excluding hydrogens is 440 g/mol. The Morgan fingerprint density at radius 1 is 1.09 bits per heavy atom. The number of ether oxygens (including phenoxy) is 2. The first kappa shape index (κ1) is 22.7. The van der Waals surface area contributed by atoms with Crippen LogP contribution in [0.5, 0.6) is 11.5 Å². The molecule has 1 N–H and O–H groups in total. The largest absolute Gasteiger partial charge is 0.483 e. The van der Waals surface area contributed by atoms with Gasteiger partial charge in [-0.25, -0.2) is 0 Å². The fraction of sp³-hybridized carbons (Fsp3) is 0.231. The summed E-state index contributed by atoms with van der Waals surface area (Å²) in [5, 5.41) is 3.42. The number of nitrogens with one attached hydrogen (secondary N) is 1. The molecule has 0 bridgehead atoms. The van der Waals surface area contributed by atoms with Crippen molar-refractivity contribution in [2.45, 2.75) is 33.4 Å². The van der Waals surface area contributed by atoms with Gasteiger partial charge in [-0.3, -0.25) is 9.59 Å². The highest BCUT2D eigenvalue weighted by Crippen LogP contribution is 2.37. The number of rotatable bonds is 6. The van der Waals surface area contributed by atoms with Gasteiger partial charge in [-0.1, -0.05) is 48.0 Å². The molecule has 0 spiro atoms. The first-order valence-electron chi connectivity index (χ1n) is 10.7. The quantitative estimate of drug-likeness (QED) is 0.538. The number of nitrogens with zero attached hydrogens (tertiary/aromatic N) is 1. The summed E-state index contributed by atoms with van der Waals surface area (Å²) in [7, 11) is 0. The minimum Gasteiger partial charge on any atom is -0.483 e. The summed E-state index contributed by atoms with van der Waals surface area (Å²) >= 11 is 6.32. The number of hydrogen-bond donors (Lipinski definition) is 1. The number of anilines is 2. The van der Waals surface area contributed by atoms with E-state index in [1.165, 1.54) is 0 Å². The van der Waals surface area contributed by atoms with Gasteiger partial charge in [0.2, 0.25) is 0 Å². The molecule has 3 aromatic carbocycles. The number of aryl methyl sites for hydroxylation is 2. The Hall–Kier alpha value is -3.51. The maximum Gasteiger partial charge on any atom is 0.268 e. The smallest absolute Gasteiger partial charge is 0.268 e. The maximum atomic E-state index is 12.9. The average molecular weight is 465 g/mol. The molecule has 0 radical (unpaired) electrons. The fourth-order valence-corrected chi connectivity index (χ4v) is 4.00. The van der Waals surface area contributed by atoms with Crippen molar-refractivity contribution >= 4 is 34.8 Å². The Morgan fingerprint density at radius 2 is 1.82 bits per heavy atom. The molecule has 0 saturated heterocycles. The van der Waals surface area contributed by atoms with E-state index >= 15 is 0 Å². The maximum absolute atomic E-state index is 12.9. The number of amides is 2. The van der Waals surface area contributed by atoms with Crippen molar-refractivity contribution in [1.82, 2.24) is 0 Å². The van der Waals surface area contributed by atoms with Crippen LogP contribution >= 0.6 is 11.6 Å². The van der Waals surface area contributed by atoms with Gasteiger partial charge >= 0.3 is 0 Å². The van der Waals surface area contributed by atoms with Gasteiger partial charge in [-0.15, -0.1) is 0 Å². The molecule has 1 aliphatic rings. The minimum atomic E-state index is -0.619. The second kappa shape index (κ2) is 9.55. The molecule has 6 nitrogen and oxygen atoms in total. The van der Waals surface area contributed by atoms with E-state index in [0.717, 1.165) is 16.7 Å². The number of fused-ring (bicyclic) bond motifs is 1. The van der Waals surface area contributed by atoms with E-state index in [9.17, 15) is 9.59 Å². The Labute approximate surface area is 198 Å². The van der Waals surface area contributed by atoms with E-state index in [1.807, 2.05) is 50.2 Å². The lowest BCUT2D eigenvalue weighted by Gasteiger charge is -2.33. The van der Waals surface area contributed by atoms with Crippen LogP contribution in [0.2, 0.25) is 5.02 Å². The van der Waals surface area contributed by atoms with E-state index in [4.69, 9.17) is 21.1 Å². The van der Waals surface area contributed by atoms with Crippen LogP contribution in [0.3, 0.4) is 0 Å². The Bertz CT molecular complexity index is 1190. The zero-order valence-electron chi connectivity index (χ0n) is 18.7. The molecule has 0 aliphatic carbocycles. The van der Waals surface area contributed by atoms with Gasteiger partial charge in [0.1, 0.15) is 11.5 Å². The molecule has 1 atom stereocenters. The lowest BCUT2D eigenvalue weighted by atomic mass is 10.1. The van der Waals surface area contributed by atoms with Gasteiger partial charge in [0.15, 0.2) is 12.7 Å². The first-order valence-corrected chi connectivity index (χ1v) is 11.1. The molecule has 0 aromatic heterocycles. The molecule has 1 heterocycles. The highest BCUT2D eigenvalue weighted by molar-refractivity contribution is 6.31. The van der Waals surface area contributed by atoms with Gasteiger partial charge in [-0.05, 0) is 61.7 Å². The van der Waals surface area contributed by atoms with E-state index in [-0.39, 0.29) is 18.4 Å². The van der Waals surface area contributed by atoms with E-state index in [2.05, 4.69) is 5.32 Å². The number of halogens is 1. The van der Waals surface area contributed by atoms with Crippen molar-refractivity contribution < 1.29 is 19.1 Å². The molecule has 0 saturated carbocycles. The molecule has 1 unspecified atom stereocenters. The SMILES string of the molecule is Cc1cccc(C)c1OCC(=O)Nc1ccc2c(c1)N(Cc1ccccc1Cl)C(=O)C(C)O2. The first-order chi connectivity index (χ1) is 15.8. The topological polar surface area (TPSA) is 67.9 Å². The van der Waals surface area contributed by atoms with Crippen molar-refractivity contribution in [2.75, 3.05) is 16.8 Å². The van der Waals surface area contributed by atoms with Gasteiger partial charge in [0, 0.05) is 10.7 Å². The lowest BCUT2D eigenvalue weighted by Crippen LogP contribution is -2.44. The normalized spacial score (nSPS) is 15.0. The number of hydrogen-bond acceptors (Lipinski definition) is 4. The highest BCUT2D eigenvalue weighted by atomic mass is 35.5. The Balaban J connectivity index is 1.52. The van der Waals surface area contributed by atoms with Crippen molar-refractivity contribution in [3.8, 4) is 11.5 Å².